The smallest absolute Gasteiger partial charge is 0.183 e. The van der Waals surface area contributed by atoms with Crippen molar-refractivity contribution in [3.8, 4) is 6.07 Å². The van der Waals surface area contributed by atoms with Crippen molar-refractivity contribution in [1.29, 1.82) is 5.26 Å². The number of nitriles is 1. The van der Waals surface area contributed by atoms with E-state index in [-0.39, 0.29) is 27.3 Å². The van der Waals surface area contributed by atoms with Crippen LogP contribution in [0.2, 0.25) is 0 Å². The van der Waals surface area contributed by atoms with E-state index in [0.29, 0.717) is 18.1 Å². The van der Waals surface area contributed by atoms with Gasteiger partial charge in [-0.1, -0.05) is 6.92 Å². The van der Waals surface area contributed by atoms with E-state index in [4.69, 9.17) is 16.7 Å². The van der Waals surface area contributed by atoms with Gasteiger partial charge < -0.3 is 16.4 Å². The van der Waals surface area contributed by atoms with Crippen molar-refractivity contribution in [1.82, 2.24) is 0 Å². The Balaban J connectivity index is 2.50. The topological polar surface area (TPSA) is 113 Å². The third-order valence-electron chi connectivity index (χ3n) is 3.50. The van der Waals surface area contributed by atoms with Crippen molar-refractivity contribution in [2.45, 2.75) is 30.7 Å². The number of hydrogen-bond acceptors (Lipinski definition) is 7. The number of hydrogen-bond donors (Lipinski definition) is 2. The number of nitrogen functional groups attached to an aromatic ring is 1. The average Bonchev–Trinajstić information content (AvgIpc) is 2.77. The van der Waals surface area contributed by atoms with Crippen molar-refractivity contribution in [3.05, 3.63) is 4.88 Å². The summed E-state index contributed by atoms with van der Waals surface area (Å²) in [6.07, 6.45) is 1.62. The highest BCUT2D eigenvalue weighted by molar-refractivity contribution is 7.91. The molecule has 6 nitrogen and oxygen atoms in total. The predicted molar refractivity (Wildman–Crippen MR) is 80.6 cm³/mol. The van der Waals surface area contributed by atoms with Crippen molar-refractivity contribution in [2.75, 3.05) is 29.5 Å². The second-order valence-corrected chi connectivity index (χ2v) is 8.03. The molecule has 1 aromatic rings. The van der Waals surface area contributed by atoms with Gasteiger partial charge in [0.2, 0.25) is 0 Å². The number of thiophene rings is 1. The first-order valence-electron chi connectivity index (χ1n) is 6.46. The second-order valence-electron chi connectivity index (χ2n) is 4.82. The van der Waals surface area contributed by atoms with Crippen molar-refractivity contribution in [3.63, 3.8) is 0 Å². The molecular weight excluding hydrogens is 296 g/mol. The second kappa shape index (κ2) is 5.60. The molecule has 2 rings (SSSR count). The Bertz CT molecular complexity index is 637. The molecule has 0 bridgehead atoms. The Labute approximate surface area is 122 Å². The van der Waals surface area contributed by atoms with Crippen LogP contribution in [0.15, 0.2) is 4.90 Å². The van der Waals surface area contributed by atoms with Crippen LogP contribution >= 0.6 is 11.3 Å². The zero-order valence-electron chi connectivity index (χ0n) is 11.3. The van der Waals surface area contributed by atoms with E-state index in [1.54, 1.807) is 6.92 Å². The lowest BCUT2D eigenvalue weighted by atomic mass is 10.1. The van der Waals surface area contributed by atoms with Crippen LogP contribution in [0.5, 0.6) is 0 Å². The van der Waals surface area contributed by atoms with Gasteiger partial charge in [0.25, 0.3) is 0 Å². The molecule has 20 heavy (non-hydrogen) atoms. The fraction of sp³-hybridized carbons (Fsp3) is 0.583. The number of piperidine rings is 1. The maximum Gasteiger partial charge on any atom is 0.183 e. The molecule has 0 saturated carbocycles. The molecular formula is C12H18N4O2S2. The summed E-state index contributed by atoms with van der Waals surface area (Å²) in [4.78, 5) is 2.37. The molecule has 4 N–H and O–H groups in total. The van der Waals surface area contributed by atoms with Crippen LogP contribution in [-0.4, -0.2) is 33.3 Å². The molecule has 1 saturated heterocycles. The molecule has 110 valence electrons. The van der Waals surface area contributed by atoms with Crippen molar-refractivity contribution < 1.29 is 8.42 Å². The molecule has 1 aromatic heterocycles. The summed E-state index contributed by atoms with van der Waals surface area (Å²) in [5.41, 5.74) is 11.8. The summed E-state index contributed by atoms with van der Waals surface area (Å²) in [5.74, 6) is -0.0286. The summed E-state index contributed by atoms with van der Waals surface area (Å²) in [6, 6.07) is 2.14. The van der Waals surface area contributed by atoms with Crippen LogP contribution in [0, 0.1) is 11.3 Å². The highest BCUT2D eigenvalue weighted by Gasteiger charge is 2.30. The summed E-state index contributed by atoms with van der Waals surface area (Å²) < 4.78 is 24.5. The monoisotopic (exact) mass is 314 g/mol. The fourth-order valence-electron chi connectivity index (χ4n) is 2.25. The maximum absolute atomic E-state index is 12.2. The van der Waals surface area contributed by atoms with Crippen LogP contribution in [0.1, 0.15) is 24.6 Å². The number of anilines is 2. The summed E-state index contributed by atoms with van der Waals surface area (Å²) in [5, 5.41) is 9.67. The van der Waals surface area contributed by atoms with E-state index in [1.807, 2.05) is 11.0 Å². The maximum atomic E-state index is 12.2. The number of rotatable bonds is 3. The van der Waals surface area contributed by atoms with Gasteiger partial charge in [-0.15, -0.1) is 11.3 Å². The van der Waals surface area contributed by atoms with E-state index in [2.05, 4.69) is 0 Å². The molecule has 0 spiro atoms. The summed E-state index contributed by atoms with van der Waals surface area (Å²) >= 11 is 1.16. The number of sulfone groups is 1. The number of nitrogens with zero attached hydrogens (tertiary/aromatic N) is 2. The van der Waals surface area contributed by atoms with E-state index in [9.17, 15) is 8.42 Å². The lowest BCUT2D eigenvalue weighted by Crippen LogP contribution is -2.39. The van der Waals surface area contributed by atoms with E-state index in [0.717, 1.165) is 24.2 Å². The highest BCUT2D eigenvalue weighted by Crippen LogP contribution is 2.42. The van der Waals surface area contributed by atoms with Gasteiger partial charge in [0.05, 0.1) is 11.4 Å². The first-order chi connectivity index (χ1) is 9.40. The van der Waals surface area contributed by atoms with Gasteiger partial charge in [-0.3, -0.25) is 0 Å². The average molecular weight is 314 g/mol. The normalized spacial score (nSPS) is 17.1. The van der Waals surface area contributed by atoms with Gasteiger partial charge in [-0.05, 0) is 12.8 Å². The fourth-order valence-corrected chi connectivity index (χ4v) is 4.91. The predicted octanol–water partition coefficient (Wildman–Crippen LogP) is 0.923. The van der Waals surface area contributed by atoms with Gasteiger partial charge in [-0.25, -0.2) is 8.42 Å². The summed E-state index contributed by atoms with van der Waals surface area (Å²) in [7, 11) is -3.45. The Morgan fingerprint density at radius 3 is 2.55 bits per heavy atom. The molecule has 2 heterocycles. The van der Waals surface area contributed by atoms with E-state index in [1.165, 1.54) is 0 Å². The first-order valence-corrected chi connectivity index (χ1v) is 8.93. The molecule has 1 aliphatic heterocycles. The zero-order chi connectivity index (χ0) is 14.9. The van der Waals surface area contributed by atoms with Crippen LogP contribution in [0.3, 0.4) is 0 Å². The van der Waals surface area contributed by atoms with Gasteiger partial charge in [0, 0.05) is 19.1 Å². The van der Waals surface area contributed by atoms with Gasteiger partial charge >= 0.3 is 0 Å². The van der Waals surface area contributed by atoms with E-state index < -0.39 is 9.84 Å². The third kappa shape index (κ3) is 2.61. The molecule has 1 fully saturated rings. The minimum atomic E-state index is -3.45. The minimum Gasteiger partial charge on any atom is -0.396 e. The third-order valence-corrected chi connectivity index (χ3v) is 6.60. The highest BCUT2D eigenvalue weighted by atomic mass is 32.2. The molecule has 0 amide bonds. The lowest BCUT2D eigenvalue weighted by Gasteiger charge is -2.31. The van der Waals surface area contributed by atoms with Crippen LogP contribution in [0.4, 0.5) is 10.7 Å². The molecule has 1 aliphatic rings. The molecule has 0 unspecified atom stereocenters. The van der Waals surface area contributed by atoms with Gasteiger partial charge in [0.15, 0.2) is 9.84 Å². The van der Waals surface area contributed by atoms with Crippen molar-refractivity contribution in [2.24, 2.45) is 5.73 Å². The number of nitrogens with two attached hydrogens (primary N) is 2. The lowest BCUT2D eigenvalue weighted by molar-refractivity contribution is 0.501. The molecule has 0 aromatic carbocycles. The molecule has 8 heteroatoms. The minimum absolute atomic E-state index is 0.0286. The van der Waals surface area contributed by atoms with Gasteiger partial charge in [-0.2, -0.15) is 5.26 Å². The van der Waals surface area contributed by atoms with Crippen LogP contribution in [0.25, 0.3) is 0 Å². The molecule has 0 radical (unpaired) electrons. The largest absolute Gasteiger partial charge is 0.396 e. The Kier molecular flexibility index (Phi) is 4.22. The summed E-state index contributed by atoms with van der Waals surface area (Å²) in [6.45, 7) is 2.96. The molecule has 0 atom stereocenters. The van der Waals surface area contributed by atoms with Crippen molar-refractivity contribution >= 4 is 31.9 Å². The first kappa shape index (κ1) is 15.1. The SMILES string of the molecule is CCS(=O)(=O)c1c(N2CCC(N)CC2)sc(C#N)c1N. The Morgan fingerprint density at radius 1 is 1.45 bits per heavy atom. The van der Waals surface area contributed by atoms with Crippen LogP contribution < -0.4 is 16.4 Å². The quantitative estimate of drug-likeness (QED) is 0.857. The van der Waals surface area contributed by atoms with Gasteiger partial charge in [0.1, 0.15) is 20.8 Å². The standard InChI is InChI=1S/C12H18N4O2S2/c1-2-20(17,18)11-10(15)9(7-13)19-12(11)16-5-3-8(14)4-6-16/h8H,2-6,14-15H2,1H3. The van der Waals surface area contributed by atoms with E-state index >= 15 is 0 Å². The Hall–Kier alpha value is -1.30. The molecule has 0 aliphatic carbocycles. The zero-order valence-corrected chi connectivity index (χ0v) is 12.9. The van der Waals surface area contributed by atoms with Crippen LogP contribution in [-0.2, 0) is 9.84 Å². The Morgan fingerprint density at radius 2 is 2.05 bits per heavy atom.